The summed E-state index contributed by atoms with van der Waals surface area (Å²) >= 11 is 0. The summed E-state index contributed by atoms with van der Waals surface area (Å²) in [5, 5.41) is 0. The van der Waals surface area contributed by atoms with Gasteiger partial charge in [0.1, 0.15) is 12.4 Å². The highest BCUT2D eigenvalue weighted by molar-refractivity contribution is 5.78. The van der Waals surface area contributed by atoms with Gasteiger partial charge >= 0.3 is 0 Å². The van der Waals surface area contributed by atoms with E-state index in [9.17, 15) is 4.79 Å². The Hall–Kier alpha value is -1.51. The molecule has 3 nitrogen and oxygen atoms in total. The number of benzene rings is 1. The Kier molecular flexibility index (Phi) is 2.02. The smallest absolute Gasteiger partial charge is 0.165 e. The summed E-state index contributed by atoms with van der Waals surface area (Å²) < 4.78 is 11.5. The third-order valence-corrected chi connectivity index (χ3v) is 4.92. The highest BCUT2D eigenvalue weighted by atomic mass is 16.5. The first kappa shape index (κ1) is 10.4. The summed E-state index contributed by atoms with van der Waals surface area (Å²) in [4.78, 5) is 11.0. The quantitative estimate of drug-likeness (QED) is 0.750. The van der Waals surface area contributed by atoms with Gasteiger partial charge in [-0.25, -0.2) is 0 Å². The lowest BCUT2D eigenvalue weighted by Gasteiger charge is -2.23. The number of rotatable bonds is 2. The molecule has 3 aliphatic rings. The summed E-state index contributed by atoms with van der Waals surface area (Å²) in [5.74, 6) is 3.54. The van der Waals surface area contributed by atoms with Crippen LogP contribution in [0.2, 0.25) is 0 Å². The minimum atomic E-state index is 0.328. The molecule has 4 rings (SSSR count). The highest BCUT2D eigenvalue weighted by Gasteiger charge is 2.54. The maximum atomic E-state index is 11.0. The zero-order chi connectivity index (χ0) is 12.3. The van der Waals surface area contributed by atoms with Crippen molar-refractivity contribution >= 4 is 6.29 Å². The first-order valence-electron chi connectivity index (χ1n) is 6.65. The topological polar surface area (TPSA) is 35.5 Å². The van der Waals surface area contributed by atoms with Crippen molar-refractivity contribution in [2.24, 2.45) is 11.8 Å². The van der Waals surface area contributed by atoms with Crippen molar-refractivity contribution < 1.29 is 14.3 Å². The van der Waals surface area contributed by atoms with Gasteiger partial charge in [0.25, 0.3) is 0 Å². The second kappa shape index (κ2) is 3.50. The number of carbonyl (C=O) groups excluding carboxylic acids is 1. The Bertz CT molecular complexity index is 523. The van der Waals surface area contributed by atoms with Gasteiger partial charge in [-0.15, -0.1) is 0 Å². The van der Waals surface area contributed by atoms with Crippen LogP contribution in [0.5, 0.6) is 11.5 Å². The molecule has 0 amide bonds. The van der Waals surface area contributed by atoms with Crippen LogP contribution in [-0.2, 0) is 0 Å². The number of ether oxygens (including phenoxy) is 2. The summed E-state index contributed by atoms with van der Waals surface area (Å²) in [7, 11) is 1.64. The van der Waals surface area contributed by atoms with E-state index >= 15 is 0 Å². The third-order valence-electron chi connectivity index (χ3n) is 4.92. The molecule has 2 aliphatic carbocycles. The van der Waals surface area contributed by atoms with Gasteiger partial charge < -0.3 is 9.47 Å². The SMILES string of the molecule is COc1cc(C=O)cc2c1OC1C3CCC(C3)C21. The standard InChI is InChI=1S/C15H16O3/c1-17-12-5-8(7-16)4-11-13-9-2-3-10(6-9)14(13)18-15(11)12/h4-5,7,9-10,13-14H,2-3,6H2,1H3. The van der Waals surface area contributed by atoms with Crippen LogP contribution in [0.25, 0.3) is 0 Å². The van der Waals surface area contributed by atoms with E-state index in [0.717, 1.165) is 18.0 Å². The van der Waals surface area contributed by atoms with Crippen molar-refractivity contribution in [1.29, 1.82) is 0 Å². The summed E-state index contributed by atoms with van der Waals surface area (Å²) in [6.45, 7) is 0. The minimum Gasteiger partial charge on any atom is -0.493 e. The fourth-order valence-corrected chi connectivity index (χ4v) is 4.21. The van der Waals surface area contributed by atoms with E-state index in [4.69, 9.17) is 9.47 Å². The Morgan fingerprint density at radius 2 is 2.17 bits per heavy atom. The summed E-state index contributed by atoms with van der Waals surface area (Å²) in [6, 6.07) is 3.77. The van der Waals surface area contributed by atoms with Crippen molar-refractivity contribution in [2.75, 3.05) is 7.11 Å². The number of hydrogen-bond acceptors (Lipinski definition) is 3. The largest absolute Gasteiger partial charge is 0.493 e. The number of methoxy groups -OCH3 is 1. The van der Waals surface area contributed by atoms with Gasteiger partial charge in [0.2, 0.25) is 0 Å². The molecule has 0 aromatic heterocycles. The first-order valence-corrected chi connectivity index (χ1v) is 6.65. The first-order chi connectivity index (χ1) is 8.81. The normalized spacial score (nSPS) is 34.9. The number of aldehydes is 1. The molecule has 0 spiro atoms. The van der Waals surface area contributed by atoms with Crippen LogP contribution in [0, 0.1) is 11.8 Å². The average Bonchev–Trinajstić information content (AvgIpc) is 3.08. The van der Waals surface area contributed by atoms with E-state index in [0.29, 0.717) is 29.3 Å². The number of hydrogen-bond donors (Lipinski definition) is 0. The fraction of sp³-hybridized carbons (Fsp3) is 0.533. The lowest BCUT2D eigenvalue weighted by molar-refractivity contribution is 0.112. The van der Waals surface area contributed by atoms with Crippen molar-refractivity contribution in [3.8, 4) is 11.5 Å². The van der Waals surface area contributed by atoms with Crippen LogP contribution < -0.4 is 9.47 Å². The van der Waals surface area contributed by atoms with E-state index in [-0.39, 0.29) is 0 Å². The number of carbonyl (C=O) groups is 1. The van der Waals surface area contributed by atoms with Gasteiger partial charge in [-0.3, -0.25) is 4.79 Å². The molecule has 0 radical (unpaired) electrons. The van der Waals surface area contributed by atoms with Crippen LogP contribution in [0.1, 0.15) is 41.1 Å². The van der Waals surface area contributed by atoms with Crippen molar-refractivity contribution in [2.45, 2.75) is 31.3 Å². The van der Waals surface area contributed by atoms with E-state index < -0.39 is 0 Å². The Balaban J connectivity index is 1.86. The van der Waals surface area contributed by atoms with Gasteiger partial charge in [0.15, 0.2) is 11.5 Å². The van der Waals surface area contributed by atoms with Gasteiger partial charge in [0.05, 0.1) is 7.11 Å². The summed E-state index contributed by atoms with van der Waals surface area (Å²) in [6.07, 6.45) is 5.12. The second-order valence-electron chi connectivity index (χ2n) is 5.70. The molecule has 18 heavy (non-hydrogen) atoms. The maximum absolute atomic E-state index is 11.0. The Morgan fingerprint density at radius 1 is 1.33 bits per heavy atom. The molecule has 0 saturated heterocycles. The predicted molar refractivity (Wildman–Crippen MR) is 66.4 cm³/mol. The lowest BCUT2D eigenvalue weighted by atomic mass is 9.82. The van der Waals surface area contributed by atoms with Crippen LogP contribution >= 0.6 is 0 Å². The lowest BCUT2D eigenvalue weighted by Crippen LogP contribution is -2.25. The second-order valence-corrected chi connectivity index (χ2v) is 5.70. The molecule has 1 aromatic rings. The van der Waals surface area contributed by atoms with Crippen LogP contribution in [0.3, 0.4) is 0 Å². The summed E-state index contributed by atoms with van der Waals surface area (Å²) in [5.41, 5.74) is 1.89. The van der Waals surface area contributed by atoms with Crippen molar-refractivity contribution in [3.05, 3.63) is 23.3 Å². The van der Waals surface area contributed by atoms with Crippen LogP contribution in [0.15, 0.2) is 12.1 Å². The maximum Gasteiger partial charge on any atom is 0.165 e. The van der Waals surface area contributed by atoms with Crippen LogP contribution in [-0.4, -0.2) is 19.5 Å². The van der Waals surface area contributed by atoms with Gasteiger partial charge in [0, 0.05) is 17.0 Å². The predicted octanol–water partition coefficient (Wildman–Crippen LogP) is 2.78. The third kappa shape index (κ3) is 1.17. The molecule has 94 valence electrons. The molecule has 1 aliphatic heterocycles. The van der Waals surface area contributed by atoms with Crippen LogP contribution in [0.4, 0.5) is 0 Å². The molecule has 2 bridgehead atoms. The Labute approximate surface area is 106 Å². The Morgan fingerprint density at radius 3 is 2.94 bits per heavy atom. The molecular weight excluding hydrogens is 228 g/mol. The van der Waals surface area contributed by atoms with E-state index in [1.54, 1.807) is 13.2 Å². The molecule has 3 heteroatoms. The van der Waals surface area contributed by atoms with Crippen molar-refractivity contribution in [3.63, 3.8) is 0 Å². The minimum absolute atomic E-state index is 0.328. The highest BCUT2D eigenvalue weighted by Crippen LogP contribution is 2.60. The molecule has 1 aromatic carbocycles. The molecule has 2 saturated carbocycles. The zero-order valence-electron chi connectivity index (χ0n) is 10.4. The average molecular weight is 244 g/mol. The van der Waals surface area contributed by atoms with Crippen molar-refractivity contribution in [1.82, 2.24) is 0 Å². The zero-order valence-corrected chi connectivity index (χ0v) is 10.4. The molecule has 4 atom stereocenters. The molecule has 2 fully saturated rings. The number of fused-ring (bicyclic) bond motifs is 7. The molecule has 0 N–H and O–H groups in total. The molecule has 4 unspecified atom stereocenters. The van der Waals surface area contributed by atoms with Gasteiger partial charge in [-0.05, 0) is 43.2 Å². The van der Waals surface area contributed by atoms with E-state index in [2.05, 4.69) is 0 Å². The van der Waals surface area contributed by atoms with E-state index in [1.165, 1.54) is 24.8 Å². The van der Waals surface area contributed by atoms with E-state index in [1.807, 2.05) is 6.07 Å². The monoisotopic (exact) mass is 244 g/mol. The molecule has 1 heterocycles. The molecular formula is C15H16O3. The fourth-order valence-electron chi connectivity index (χ4n) is 4.21. The van der Waals surface area contributed by atoms with Gasteiger partial charge in [-0.1, -0.05) is 0 Å². The van der Waals surface area contributed by atoms with Gasteiger partial charge in [-0.2, -0.15) is 0 Å².